The molecule has 0 radical (unpaired) electrons. The van der Waals surface area contributed by atoms with E-state index in [9.17, 15) is 5.11 Å². The number of para-hydroxylation sites is 1. The molecule has 2 heterocycles. The molecule has 4 heteroatoms. The van der Waals surface area contributed by atoms with Crippen LogP contribution >= 0.6 is 23.4 Å². The molecule has 8 rings (SSSR count). The molecule has 0 spiro atoms. The Morgan fingerprint density at radius 1 is 0.561 bits per heavy atom. The largest absolute Gasteiger partial charge is 0.456 e. The molecule has 0 amide bonds. The van der Waals surface area contributed by atoms with Crippen molar-refractivity contribution in [1.29, 1.82) is 0 Å². The molecule has 0 saturated heterocycles. The standard InChI is InChI=1S/C37H23ClO2S/c38-32-15-8-14-31-36(32)41-35-22-25(24-17-19-28-27-12-5-7-16-33(27)40-34(28)21-24)18-20-30(35)37(31,39)29-13-6-4-11-26(29)23-9-2-1-3-10-23/h1-22,39H. The van der Waals surface area contributed by atoms with E-state index in [0.717, 1.165) is 70.7 Å². The fraction of sp³-hybridized carbons (Fsp3) is 0.0270. The Bertz CT molecular complexity index is 2110. The molecule has 1 aliphatic rings. The second kappa shape index (κ2) is 9.39. The van der Waals surface area contributed by atoms with Gasteiger partial charge in [-0.2, -0.15) is 0 Å². The molecule has 1 aliphatic heterocycles. The summed E-state index contributed by atoms with van der Waals surface area (Å²) >= 11 is 8.41. The van der Waals surface area contributed by atoms with Crippen molar-refractivity contribution in [2.24, 2.45) is 0 Å². The van der Waals surface area contributed by atoms with E-state index < -0.39 is 5.60 Å². The van der Waals surface area contributed by atoms with Crippen molar-refractivity contribution >= 4 is 45.3 Å². The quantitative estimate of drug-likeness (QED) is 0.231. The van der Waals surface area contributed by atoms with Crippen LogP contribution in [0.5, 0.6) is 0 Å². The van der Waals surface area contributed by atoms with Crippen LogP contribution in [0.1, 0.15) is 16.7 Å². The average molecular weight is 567 g/mol. The van der Waals surface area contributed by atoms with Gasteiger partial charge in [-0.3, -0.25) is 0 Å². The first-order valence-corrected chi connectivity index (χ1v) is 14.7. The molecular weight excluding hydrogens is 544 g/mol. The van der Waals surface area contributed by atoms with Gasteiger partial charge in [0.25, 0.3) is 0 Å². The zero-order valence-electron chi connectivity index (χ0n) is 21.8. The Balaban J connectivity index is 1.33. The zero-order chi connectivity index (χ0) is 27.6. The summed E-state index contributed by atoms with van der Waals surface area (Å²) in [5.74, 6) is 0. The van der Waals surface area contributed by atoms with Crippen molar-refractivity contribution in [3.05, 3.63) is 155 Å². The van der Waals surface area contributed by atoms with Gasteiger partial charge in [0.2, 0.25) is 0 Å². The van der Waals surface area contributed by atoms with Crippen molar-refractivity contribution in [1.82, 2.24) is 0 Å². The molecule has 1 atom stereocenters. The van der Waals surface area contributed by atoms with Gasteiger partial charge in [0.05, 0.1) is 5.02 Å². The summed E-state index contributed by atoms with van der Waals surface area (Å²) in [6.07, 6.45) is 0. The SMILES string of the molecule is OC1(c2ccccc2-c2ccccc2)c2ccc(-c3ccc4c(c3)oc3ccccc34)cc2Sc2c(Cl)cccc21. The van der Waals surface area contributed by atoms with Gasteiger partial charge in [-0.25, -0.2) is 0 Å². The third-order valence-corrected chi connectivity index (χ3v) is 9.68. The number of benzene rings is 6. The van der Waals surface area contributed by atoms with Crippen LogP contribution in [0.15, 0.2) is 148 Å². The number of hydrogen-bond donors (Lipinski definition) is 1. The molecule has 2 nitrogen and oxygen atoms in total. The highest BCUT2D eigenvalue weighted by atomic mass is 35.5. The van der Waals surface area contributed by atoms with Crippen molar-refractivity contribution in [3.63, 3.8) is 0 Å². The van der Waals surface area contributed by atoms with Gasteiger partial charge >= 0.3 is 0 Å². The predicted octanol–water partition coefficient (Wildman–Crippen LogP) is 10.3. The lowest BCUT2D eigenvalue weighted by atomic mass is 9.76. The maximum atomic E-state index is 12.9. The van der Waals surface area contributed by atoms with Crippen LogP contribution in [-0.2, 0) is 5.60 Å². The van der Waals surface area contributed by atoms with Crippen molar-refractivity contribution in [2.75, 3.05) is 0 Å². The molecule has 6 aromatic carbocycles. The molecule has 0 fully saturated rings. The van der Waals surface area contributed by atoms with Gasteiger partial charge in [0, 0.05) is 37.3 Å². The topological polar surface area (TPSA) is 33.4 Å². The predicted molar refractivity (Wildman–Crippen MR) is 169 cm³/mol. The van der Waals surface area contributed by atoms with Crippen LogP contribution in [0.2, 0.25) is 5.02 Å². The van der Waals surface area contributed by atoms with Crippen molar-refractivity contribution in [2.45, 2.75) is 15.4 Å². The molecule has 1 N–H and O–H groups in total. The van der Waals surface area contributed by atoms with Crippen LogP contribution in [0, 0.1) is 0 Å². The van der Waals surface area contributed by atoms with Gasteiger partial charge in [-0.05, 0) is 52.6 Å². The average Bonchev–Trinajstić information content (AvgIpc) is 3.40. The smallest absolute Gasteiger partial charge is 0.143 e. The summed E-state index contributed by atoms with van der Waals surface area (Å²) in [4.78, 5) is 1.84. The highest BCUT2D eigenvalue weighted by Gasteiger charge is 2.43. The van der Waals surface area contributed by atoms with Gasteiger partial charge < -0.3 is 9.52 Å². The fourth-order valence-corrected chi connectivity index (χ4v) is 7.61. The lowest BCUT2D eigenvalue weighted by Crippen LogP contribution is -2.33. The Hall–Kier alpha value is -4.28. The first-order chi connectivity index (χ1) is 20.1. The van der Waals surface area contributed by atoms with Crippen LogP contribution in [-0.4, -0.2) is 5.11 Å². The summed E-state index contributed by atoms with van der Waals surface area (Å²) in [6, 6.07) is 44.9. The normalized spacial score (nSPS) is 16.0. The van der Waals surface area contributed by atoms with E-state index in [1.807, 2.05) is 72.8 Å². The lowest BCUT2D eigenvalue weighted by molar-refractivity contribution is 0.119. The maximum absolute atomic E-state index is 12.9. The lowest BCUT2D eigenvalue weighted by Gasteiger charge is -2.38. The Morgan fingerprint density at radius 2 is 1.27 bits per heavy atom. The molecule has 196 valence electrons. The fourth-order valence-electron chi connectivity index (χ4n) is 6.10. The minimum Gasteiger partial charge on any atom is -0.456 e. The minimum absolute atomic E-state index is 0.628. The van der Waals surface area contributed by atoms with Crippen molar-refractivity contribution < 1.29 is 9.52 Å². The van der Waals surface area contributed by atoms with E-state index in [-0.39, 0.29) is 0 Å². The first-order valence-electron chi connectivity index (χ1n) is 13.5. The summed E-state index contributed by atoms with van der Waals surface area (Å²) < 4.78 is 6.17. The van der Waals surface area contributed by atoms with Gasteiger partial charge in [0.15, 0.2) is 0 Å². The Morgan fingerprint density at radius 3 is 2.17 bits per heavy atom. The van der Waals surface area contributed by atoms with E-state index >= 15 is 0 Å². The van der Waals surface area contributed by atoms with Crippen LogP contribution in [0.4, 0.5) is 0 Å². The number of rotatable bonds is 3. The van der Waals surface area contributed by atoms with E-state index in [1.54, 1.807) is 11.8 Å². The van der Waals surface area contributed by atoms with E-state index in [0.29, 0.717) is 5.02 Å². The van der Waals surface area contributed by atoms with E-state index in [4.69, 9.17) is 16.0 Å². The number of fused-ring (bicyclic) bond motifs is 5. The third kappa shape index (κ3) is 3.78. The highest BCUT2D eigenvalue weighted by Crippen LogP contribution is 2.55. The molecule has 0 aliphatic carbocycles. The molecule has 0 bridgehead atoms. The second-order valence-electron chi connectivity index (χ2n) is 10.4. The summed E-state index contributed by atoms with van der Waals surface area (Å²) in [7, 11) is 0. The second-order valence-corrected chi connectivity index (χ2v) is 11.8. The Kier molecular flexibility index (Phi) is 5.61. The highest BCUT2D eigenvalue weighted by molar-refractivity contribution is 7.99. The monoisotopic (exact) mass is 566 g/mol. The van der Waals surface area contributed by atoms with Gasteiger partial charge in [-0.15, -0.1) is 0 Å². The summed E-state index contributed by atoms with van der Waals surface area (Å²) in [5, 5.41) is 15.8. The van der Waals surface area contributed by atoms with Crippen LogP contribution < -0.4 is 0 Å². The first kappa shape index (κ1) is 24.5. The van der Waals surface area contributed by atoms with E-state index in [1.165, 1.54) is 0 Å². The molecule has 0 saturated carbocycles. The molecule has 7 aromatic rings. The maximum Gasteiger partial charge on any atom is 0.143 e. The summed E-state index contributed by atoms with van der Waals surface area (Å²) in [5.41, 5.74) is 6.95. The molecule has 41 heavy (non-hydrogen) atoms. The van der Waals surface area contributed by atoms with Crippen molar-refractivity contribution in [3.8, 4) is 22.3 Å². The van der Waals surface area contributed by atoms with Gasteiger partial charge in [-0.1, -0.05) is 126 Å². The molecule has 1 unspecified atom stereocenters. The zero-order valence-corrected chi connectivity index (χ0v) is 23.4. The molecular formula is C37H23ClO2S. The summed E-state index contributed by atoms with van der Waals surface area (Å²) in [6.45, 7) is 0. The third-order valence-electron chi connectivity index (χ3n) is 8.05. The number of aliphatic hydroxyl groups is 1. The van der Waals surface area contributed by atoms with Crippen LogP contribution in [0.3, 0.4) is 0 Å². The number of furan rings is 1. The molecule has 1 aromatic heterocycles. The van der Waals surface area contributed by atoms with Crippen LogP contribution in [0.25, 0.3) is 44.2 Å². The van der Waals surface area contributed by atoms with E-state index in [2.05, 4.69) is 60.7 Å². The minimum atomic E-state index is -1.39. The van der Waals surface area contributed by atoms with Gasteiger partial charge in [0.1, 0.15) is 16.8 Å². The Labute approximate surface area is 246 Å². The number of hydrogen-bond acceptors (Lipinski definition) is 3. The number of halogens is 1.